The van der Waals surface area contributed by atoms with Crippen molar-refractivity contribution in [2.75, 3.05) is 26.5 Å². The molecule has 5 nitrogen and oxygen atoms in total. The predicted octanol–water partition coefficient (Wildman–Crippen LogP) is 4.65. The number of aliphatic imine (C=N–C) groups is 1. The molecule has 0 spiro atoms. The Morgan fingerprint density at radius 3 is 2.47 bits per heavy atom. The summed E-state index contributed by atoms with van der Waals surface area (Å²) in [6.07, 6.45) is 8.72. The van der Waals surface area contributed by atoms with Gasteiger partial charge in [-0.1, -0.05) is 36.4 Å². The second-order valence-corrected chi connectivity index (χ2v) is 9.97. The van der Waals surface area contributed by atoms with Crippen LogP contribution in [0.3, 0.4) is 0 Å². The second kappa shape index (κ2) is 10.5. The largest absolute Gasteiger partial charge is 0.400 e. The summed E-state index contributed by atoms with van der Waals surface area (Å²) in [4.78, 5) is 4.77. The van der Waals surface area contributed by atoms with Crippen LogP contribution in [0, 0.1) is 5.92 Å². The topological polar surface area (TPSA) is 70.0 Å². The summed E-state index contributed by atoms with van der Waals surface area (Å²) in [6, 6.07) is 5.99. The van der Waals surface area contributed by atoms with Crippen LogP contribution in [-0.4, -0.2) is 50.0 Å². The van der Waals surface area contributed by atoms with Crippen LogP contribution in [0.2, 0.25) is 5.02 Å². The number of aliphatic hydroxyl groups excluding tert-OH is 1. The molecular formula is C23H31ClN2O3S. The first kappa shape index (κ1) is 24.5. The second-order valence-electron chi connectivity index (χ2n) is 7.55. The number of rotatable bonds is 3. The number of hydrogen-bond donors (Lipinski definition) is 1. The van der Waals surface area contributed by atoms with Gasteiger partial charge in [-0.2, -0.15) is 0 Å². The third-order valence-electron chi connectivity index (χ3n) is 5.64. The molecule has 3 rings (SSSR count). The van der Waals surface area contributed by atoms with Gasteiger partial charge in [-0.25, -0.2) is 12.7 Å². The number of benzene rings is 1. The zero-order valence-electron chi connectivity index (χ0n) is 18.1. The van der Waals surface area contributed by atoms with Gasteiger partial charge in [0.2, 0.25) is 10.0 Å². The summed E-state index contributed by atoms with van der Waals surface area (Å²) in [6.45, 7) is 9.40. The van der Waals surface area contributed by atoms with Crippen molar-refractivity contribution in [3.05, 3.63) is 64.3 Å². The van der Waals surface area contributed by atoms with Crippen LogP contribution in [0.5, 0.6) is 0 Å². The highest BCUT2D eigenvalue weighted by Gasteiger charge is 2.36. The predicted molar refractivity (Wildman–Crippen MR) is 127 cm³/mol. The summed E-state index contributed by atoms with van der Waals surface area (Å²) in [7, 11) is -2.15. The van der Waals surface area contributed by atoms with Gasteiger partial charge in [0.1, 0.15) is 0 Å². The minimum Gasteiger partial charge on any atom is -0.400 e. The lowest BCUT2D eigenvalue weighted by Gasteiger charge is -2.36. The monoisotopic (exact) mass is 450 g/mol. The molecular weight excluding hydrogens is 420 g/mol. The van der Waals surface area contributed by atoms with Gasteiger partial charge in [-0.15, -0.1) is 0 Å². The van der Waals surface area contributed by atoms with Crippen molar-refractivity contribution in [3.63, 3.8) is 0 Å². The Labute approximate surface area is 185 Å². The smallest absolute Gasteiger partial charge is 0.211 e. The number of sulfonamides is 1. The lowest BCUT2D eigenvalue weighted by molar-refractivity contribution is 0.265. The molecule has 1 atom stereocenters. The van der Waals surface area contributed by atoms with Crippen molar-refractivity contribution in [2.45, 2.75) is 32.6 Å². The molecule has 1 aliphatic carbocycles. The Morgan fingerprint density at radius 1 is 1.27 bits per heavy atom. The normalized spacial score (nSPS) is 22.3. The van der Waals surface area contributed by atoms with Crippen molar-refractivity contribution >= 4 is 33.4 Å². The Hall–Kier alpha value is -1.73. The minimum absolute atomic E-state index is 0.0615. The highest BCUT2D eigenvalue weighted by molar-refractivity contribution is 7.88. The molecule has 2 aliphatic rings. The average Bonchev–Trinajstić information content (AvgIpc) is 2.81. The van der Waals surface area contributed by atoms with E-state index in [0.717, 1.165) is 42.4 Å². The number of fused-ring (bicyclic) bond motifs is 1. The fraction of sp³-hybridized carbons (Fsp3) is 0.435. The van der Waals surface area contributed by atoms with E-state index in [1.165, 1.54) is 11.8 Å². The Balaban J connectivity index is 0.00000155. The molecule has 0 amide bonds. The van der Waals surface area contributed by atoms with Crippen molar-refractivity contribution in [1.82, 2.24) is 4.31 Å². The molecule has 0 saturated carbocycles. The number of aliphatic hydroxyl groups is 1. The van der Waals surface area contributed by atoms with Crippen LogP contribution >= 0.6 is 11.6 Å². The molecule has 1 fully saturated rings. The zero-order chi connectivity index (χ0) is 22.5. The molecule has 0 radical (unpaired) electrons. The molecule has 0 bridgehead atoms. The molecule has 30 heavy (non-hydrogen) atoms. The third-order valence-corrected chi connectivity index (χ3v) is 7.18. The Kier molecular flexibility index (Phi) is 8.62. The van der Waals surface area contributed by atoms with Crippen LogP contribution in [0.25, 0.3) is 6.08 Å². The highest BCUT2D eigenvalue weighted by atomic mass is 35.5. The van der Waals surface area contributed by atoms with Gasteiger partial charge in [-0.3, -0.25) is 4.99 Å². The van der Waals surface area contributed by atoms with Gasteiger partial charge in [0, 0.05) is 37.3 Å². The zero-order valence-corrected chi connectivity index (χ0v) is 19.7. The lowest BCUT2D eigenvalue weighted by atomic mass is 9.75. The van der Waals surface area contributed by atoms with Crippen molar-refractivity contribution < 1.29 is 13.5 Å². The molecule has 1 saturated heterocycles. The quantitative estimate of drug-likeness (QED) is 0.728. The van der Waals surface area contributed by atoms with E-state index in [-0.39, 0.29) is 11.8 Å². The van der Waals surface area contributed by atoms with E-state index in [1.807, 2.05) is 38.3 Å². The first-order chi connectivity index (χ1) is 14.2. The summed E-state index contributed by atoms with van der Waals surface area (Å²) >= 11 is 6.27. The molecule has 1 aliphatic heterocycles. The number of allylic oxidation sites excluding steroid dienone is 3. The summed E-state index contributed by atoms with van der Waals surface area (Å²) < 4.78 is 25.4. The van der Waals surface area contributed by atoms with E-state index in [9.17, 15) is 8.42 Å². The molecule has 164 valence electrons. The van der Waals surface area contributed by atoms with E-state index in [1.54, 1.807) is 4.31 Å². The van der Waals surface area contributed by atoms with Crippen molar-refractivity contribution in [2.24, 2.45) is 10.9 Å². The van der Waals surface area contributed by atoms with Gasteiger partial charge in [0.05, 0.1) is 12.0 Å². The SMILES string of the molecule is C=C1C(C)=Cc2cc(Cl)ccc2C(C2CCN(S(C)(=O)=O)CC2)C1=N/C=C\C.CO. The van der Waals surface area contributed by atoms with Gasteiger partial charge in [0.25, 0.3) is 0 Å². The standard InChI is InChI=1S/C22H27ClN2O2S.CH4O/c1-5-10-24-22-16(3)15(2)13-18-14-19(23)6-7-20(18)21(22)17-8-11-25(12-9-17)28(4,26)27;1-2/h5-7,10,13-14,17,21H,3,8-9,11-12H2,1-2,4H3;2H,1H3/b10-5-,24-22?;. The molecule has 7 heteroatoms. The first-order valence-corrected chi connectivity index (χ1v) is 12.2. The van der Waals surface area contributed by atoms with Crippen LogP contribution in [0.4, 0.5) is 0 Å². The number of hydrogen-bond acceptors (Lipinski definition) is 4. The number of piperidine rings is 1. The summed E-state index contributed by atoms with van der Waals surface area (Å²) in [5.41, 5.74) is 5.24. The molecule has 1 unspecified atom stereocenters. The van der Waals surface area contributed by atoms with Crippen molar-refractivity contribution in [1.29, 1.82) is 0 Å². The van der Waals surface area contributed by atoms with Crippen LogP contribution < -0.4 is 0 Å². The molecule has 1 heterocycles. The van der Waals surface area contributed by atoms with E-state index >= 15 is 0 Å². The lowest BCUT2D eigenvalue weighted by Crippen LogP contribution is -2.40. The van der Waals surface area contributed by atoms with E-state index < -0.39 is 10.0 Å². The molecule has 1 aromatic rings. The summed E-state index contributed by atoms with van der Waals surface area (Å²) in [5.74, 6) is 0.351. The van der Waals surface area contributed by atoms with E-state index in [2.05, 4.69) is 18.7 Å². The van der Waals surface area contributed by atoms with Crippen LogP contribution in [0.1, 0.15) is 43.7 Å². The minimum atomic E-state index is -3.15. The Bertz CT molecular complexity index is 972. The molecule has 1 N–H and O–H groups in total. The van der Waals surface area contributed by atoms with Gasteiger partial charge < -0.3 is 5.11 Å². The third kappa shape index (κ3) is 5.49. The van der Waals surface area contributed by atoms with Crippen LogP contribution in [-0.2, 0) is 10.0 Å². The van der Waals surface area contributed by atoms with Gasteiger partial charge >= 0.3 is 0 Å². The molecule has 1 aromatic carbocycles. The first-order valence-electron chi connectivity index (χ1n) is 9.98. The van der Waals surface area contributed by atoms with Gasteiger partial charge in [-0.05, 0) is 67.0 Å². The van der Waals surface area contributed by atoms with Crippen LogP contribution in [0.15, 0.2) is 53.2 Å². The number of nitrogens with zero attached hydrogens (tertiary/aromatic N) is 2. The van der Waals surface area contributed by atoms with Gasteiger partial charge in [0.15, 0.2) is 0 Å². The molecule has 0 aromatic heterocycles. The summed E-state index contributed by atoms with van der Waals surface area (Å²) in [5, 5.41) is 7.70. The maximum Gasteiger partial charge on any atom is 0.211 e. The average molecular weight is 451 g/mol. The fourth-order valence-corrected chi connectivity index (χ4v) is 5.20. The fourth-order valence-electron chi connectivity index (χ4n) is 4.14. The maximum atomic E-state index is 11.9. The highest BCUT2D eigenvalue weighted by Crippen LogP contribution is 2.42. The maximum absolute atomic E-state index is 11.9. The van der Waals surface area contributed by atoms with Crippen molar-refractivity contribution in [3.8, 4) is 0 Å². The Morgan fingerprint density at radius 2 is 1.90 bits per heavy atom. The van der Waals surface area contributed by atoms with E-state index in [0.29, 0.717) is 18.1 Å². The number of halogens is 1. The van der Waals surface area contributed by atoms with E-state index in [4.69, 9.17) is 21.7 Å².